The lowest BCUT2D eigenvalue weighted by atomic mass is 10.00. The molecule has 18 heavy (non-hydrogen) atoms. The van der Waals surface area contributed by atoms with E-state index in [1.165, 1.54) is 12.1 Å². The lowest BCUT2D eigenvalue weighted by Gasteiger charge is -2.33. The molecule has 92 valence electrons. The van der Waals surface area contributed by atoms with E-state index in [2.05, 4.69) is 16.0 Å². The summed E-state index contributed by atoms with van der Waals surface area (Å²) in [7, 11) is 0. The molecule has 0 unspecified atom stereocenters. The minimum atomic E-state index is -1.75. The number of nitrogens with one attached hydrogen (secondary N) is 4. The predicted octanol–water partition coefficient (Wildman–Crippen LogP) is -0.0470. The molecule has 0 bridgehead atoms. The van der Waals surface area contributed by atoms with Crippen LogP contribution in [-0.2, 0) is 10.5 Å². The summed E-state index contributed by atoms with van der Waals surface area (Å²) in [6, 6.07) is 1.96. The van der Waals surface area contributed by atoms with Crippen LogP contribution in [0.25, 0.3) is 0 Å². The van der Waals surface area contributed by atoms with Gasteiger partial charge in [0.25, 0.3) is 5.91 Å². The van der Waals surface area contributed by atoms with Crippen molar-refractivity contribution in [3.8, 4) is 0 Å². The van der Waals surface area contributed by atoms with Crippen molar-refractivity contribution in [3.05, 3.63) is 29.6 Å². The Hall–Kier alpha value is -2.64. The molecule has 1 fully saturated rings. The van der Waals surface area contributed by atoms with Gasteiger partial charge in [-0.1, -0.05) is 0 Å². The van der Waals surface area contributed by atoms with Crippen molar-refractivity contribution in [3.63, 3.8) is 0 Å². The molecule has 8 heteroatoms. The zero-order chi connectivity index (χ0) is 12.9. The molecular formula is C10H7FN4O3. The fourth-order valence-corrected chi connectivity index (χ4v) is 2.06. The summed E-state index contributed by atoms with van der Waals surface area (Å²) in [5.41, 5.74) is -1.25. The number of hydrogen-bond donors (Lipinski definition) is 4. The highest BCUT2D eigenvalue weighted by Gasteiger charge is 2.52. The van der Waals surface area contributed by atoms with Gasteiger partial charge >= 0.3 is 12.1 Å². The maximum atomic E-state index is 13.2. The molecular weight excluding hydrogens is 243 g/mol. The number of carbonyl (C=O) groups excluding carboxylic acids is 3. The number of hydrogen-bond acceptors (Lipinski definition) is 3. The molecule has 0 saturated carbocycles. The van der Waals surface area contributed by atoms with Crippen molar-refractivity contribution in [1.82, 2.24) is 16.0 Å². The van der Waals surface area contributed by atoms with Crippen LogP contribution < -0.4 is 21.3 Å². The van der Waals surface area contributed by atoms with Crippen molar-refractivity contribution in [1.29, 1.82) is 0 Å². The highest BCUT2D eigenvalue weighted by atomic mass is 19.1. The van der Waals surface area contributed by atoms with Crippen LogP contribution in [0.15, 0.2) is 18.2 Å². The quantitative estimate of drug-likeness (QED) is 0.519. The number of imide groups is 1. The van der Waals surface area contributed by atoms with Gasteiger partial charge in [0.05, 0.1) is 0 Å². The van der Waals surface area contributed by atoms with Crippen molar-refractivity contribution in [2.24, 2.45) is 0 Å². The maximum absolute atomic E-state index is 13.2. The van der Waals surface area contributed by atoms with E-state index in [1.807, 2.05) is 5.32 Å². The van der Waals surface area contributed by atoms with Crippen molar-refractivity contribution in [2.75, 3.05) is 5.32 Å². The molecule has 1 aromatic carbocycles. The third kappa shape index (κ3) is 1.25. The van der Waals surface area contributed by atoms with E-state index in [9.17, 15) is 18.8 Å². The summed E-state index contributed by atoms with van der Waals surface area (Å²) in [6.07, 6.45) is 0. The molecule has 2 heterocycles. The largest absolute Gasteiger partial charge is 0.325 e. The third-order valence-electron chi connectivity index (χ3n) is 2.80. The predicted molar refractivity (Wildman–Crippen MR) is 56.9 cm³/mol. The molecule has 2 aliphatic heterocycles. The molecule has 5 amide bonds. The monoisotopic (exact) mass is 250 g/mol. The Morgan fingerprint density at radius 3 is 2.33 bits per heavy atom. The van der Waals surface area contributed by atoms with Gasteiger partial charge in [0, 0.05) is 11.3 Å². The van der Waals surface area contributed by atoms with Crippen molar-refractivity contribution in [2.45, 2.75) is 5.66 Å². The van der Waals surface area contributed by atoms with Crippen LogP contribution in [0.1, 0.15) is 5.56 Å². The Morgan fingerprint density at radius 2 is 1.67 bits per heavy atom. The van der Waals surface area contributed by atoms with Crippen LogP contribution in [0.3, 0.4) is 0 Å². The second-order valence-electron chi connectivity index (χ2n) is 3.93. The molecule has 1 spiro atoms. The maximum Gasteiger partial charge on any atom is 0.325 e. The van der Waals surface area contributed by atoms with Gasteiger partial charge in [-0.2, -0.15) is 0 Å². The number of benzene rings is 1. The smallest absolute Gasteiger partial charge is 0.322 e. The fraction of sp³-hybridized carbons (Fsp3) is 0.100. The summed E-state index contributed by atoms with van der Waals surface area (Å²) in [4.78, 5) is 34.6. The summed E-state index contributed by atoms with van der Waals surface area (Å²) < 4.78 is 13.2. The van der Waals surface area contributed by atoms with Gasteiger partial charge < -0.3 is 16.0 Å². The van der Waals surface area contributed by atoms with Crippen LogP contribution in [0.5, 0.6) is 0 Å². The Bertz CT molecular complexity index is 585. The van der Waals surface area contributed by atoms with Gasteiger partial charge in [0.1, 0.15) is 5.82 Å². The Labute approximate surface area is 99.7 Å². The zero-order valence-corrected chi connectivity index (χ0v) is 8.83. The zero-order valence-electron chi connectivity index (χ0n) is 8.83. The number of fused-ring (bicyclic) bond motifs is 2. The van der Waals surface area contributed by atoms with E-state index in [4.69, 9.17) is 0 Å². The first kappa shape index (κ1) is 10.5. The number of urea groups is 2. The highest BCUT2D eigenvalue weighted by molar-refractivity contribution is 6.12. The highest BCUT2D eigenvalue weighted by Crippen LogP contribution is 2.35. The molecule has 1 aromatic rings. The SMILES string of the molecule is O=C1NC(=O)NC2(N1)C(=O)Nc1ccc(F)cc12. The van der Waals surface area contributed by atoms with E-state index in [0.717, 1.165) is 6.07 Å². The van der Waals surface area contributed by atoms with E-state index in [-0.39, 0.29) is 5.56 Å². The van der Waals surface area contributed by atoms with Gasteiger partial charge in [-0.3, -0.25) is 10.1 Å². The summed E-state index contributed by atoms with van der Waals surface area (Å²) in [6.45, 7) is 0. The first-order valence-corrected chi connectivity index (χ1v) is 5.04. The van der Waals surface area contributed by atoms with E-state index in [1.54, 1.807) is 0 Å². The minimum Gasteiger partial charge on any atom is -0.322 e. The van der Waals surface area contributed by atoms with Crippen molar-refractivity contribution < 1.29 is 18.8 Å². The normalized spacial score (nSPS) is 19.7. The number of carbonyl (C=O) groups is 3. The second-order valence-corrected chi connectivity index (χ2v) is 3.93. The molecule has 0 aromatic heterocycles. The fourth-order valence-electron chi connectivity index (χ4n) is 2.06. The van der Waals surface area contributed by atoms with Crippen LogP contribution in [0.2, 0.25) is 0 Å². The van der Waals surface area contributed by atoms with E-state index in [0.29, 0.717) is 5.69 Å². The summed E-state index contributed by atoms with van der Waals surface area (Å²) in [5, 5.41) is 8.98. The first-order valence-electron chi connectivity index (χ1n) is 5.04. The van der Waals surface area contributed by atoms with E-state index < -0.39 is 29.4 Å². The van der Waals surface area contributed by atoms with Gasteiger partial charge in [-0.15, -0.1) is 0 Å². The summed E-state index contributed by atoms with van der Waals surface area (Å²) >= 11 is 0. The molecule has 0 atom stereocenters. The molecule has 0 aliphatic carbocycles. The Kier molecular flexibility index (Phi) is 1.86. The first-order chi connectivity index (χ1) is 8.51. The van der Waals surface area contributed by atoms with Gasteiger partial charge in [0.2, 0.25) is 5.66 Å². The average Bonchev–Trinajstić information content (AvgIpc) is 2.52. The average molecular weight is 250 g/mol. The van der Waals surface area contributed by atoms with Crippen LogP contribution >= 0.6 is 0 Å². The number of halogens is 1. The molecule has 7 nitrogen and oxygen atoms in total. The Balaban J connectivity index is 2.17. The molecule has 2 aliphatic rings. The van der Waals surface area contributed by atoms with Crippen molar-refractivity contribution >= 4 is 23.7 Å². The van der Waals surface area contributed by atoms with Gasteiger partial charge in [0.15, 0.2) is 0 Å². The topological polar surface area (TPSA) is 99.3 Å². The van der Waals surface area contributed by atoms with Crippen LogP contribution in [-0.4, -0.2) is 18.0 Å². The van der Waals surface area contributed by atoms with E-state index >= 15 is 0 Å². The standard InChI is InChI=1S/C10H7FN4O3/c11-4-1-2-6-5(3-4)10(7(16)12-6)14-8(17)13-9(18)15-10/h1-3H,(H,12,16)(H3,13,14,15,17,18). The lowest BCUT2D eigenvalue weighted by Crippen LogP contribution is -2.70. The number of anilines is 1. The number of rotatable bonds is 0. The van der Waals surface area contributed by atoms with Gasteiger partial charge in [-0.05, 0) is 18.2 Å². The molecule has 3 rings (SSSR count). The van der Waals surface area contributed by atoms with Crippen LogP contribution in [0, 0.1) is 5.82 Å². The molecule has 1 saturated heterocycles. The summed E-state index contributed by atoms with van der Waals surface area (Å²) in [5.74, 6) is -1.22. The number of amides is 5. The Morgan fingerprint density at radius 1 is 1.00 bits per heavy atom. The molecule has 4 N–H and O–H groups in total. The van der Waals surface area contributed by atoms with Crippen LogP contribution in [0.4, 0.5) is 19.7 Å². The lowest BCUT2D eigenvalue weighted by molar-refractivity contribution is -0.122. The molecule has 0 radical (unpaired) electrons. The third-order valence-corrected chi connectivity index (χ3v) is 2.80. The minimum absolute atomic E-state index is 0.163. The second kappa shape index (κ2) is 3.19. The van der Waals surface area contributed by atoms with Gasteiger partial charge in [-0.25, -0.2) is 14.0 Å².